The summed E-state index contributed by atoms with van der Waals surface area (Å²) in [4.78, 5) is 52.6. The van der Waals surface area contributed by atoms with Gasteiger partial charge in [-0.15, -0.1) is 9.09 Å². The first-order valence-corrected chi connectivity index (χ1v) is 13.1. The summed E-state index contributed by atoms with van der Waals surface area (Å²) in [6.45, 7) is 4.89. The Balaban J connectivity index is 2.30. The van der Waals surface area contributed by atoms with Crippen molar-refractivity contribution in [1.82, 2.24) is 19.4 Å². The lowest BCUT2D eigenvalue weighted by Crippen LogP contribution is -2.55. The maximum absolute atomic E-state index is 14.0. The van der Waals surface area contributed by atoms with Gasteiger partial charge in [-0.05, 0) is 39.0 Å². The van der Waals surface area contributed by atoms with Crippen molar-refractivity contribution in [2.24, 2.45) is 0 Å². The van der Waals surface area contributed by atoms with E-state index in [0.717, 1.165) is 6.07 Å². The zero-order valence-electron chi connectivity index (χ0n) is 20.7. The van der Waals surface area contributed by atoms with Crippen LogP contribution in [0.1, 0.15) is 45.2 Å². The molecule has 0 aliphatic rings. The summed E-state index contributed by atoms with van der Waals surface area (Å²) in [5.74, 6) is -2.13. The number of hydrogen-bond donors (Lipinski definition) is 1. The number of carbonyl (C=O) groups excluding carboxylic acids is 2. The number of sulfonamides is 1. The van der Waals surface area contributed by atoms with Gasteiger partial charge in [0.25, 0.3) is 21.5 Å². The van der Waals surface area contributed by atoms with Crippen molar-refractivity contribution >= 4 is 32.8 Å². The molecule has 1 aromatic carbocycles. The third kappa shape index (κ3) is 5.64. The van der Waals surface area contributed by atoms with Gasteiger partial charge in [0.1, 0.15) is 0 Å². The van der Waals surface area contributed by atoms with Gasteiger partial charge in [0.2, 0.25) is 0 Å². The molecule has 16 heteroatoms. The number of nitrogens with zero attached hydrogens (tertiary/aromatic N) is 4. The second-order valence-electron chi connectivity index (χ2n) is 8.45. The third-order valence-electron chi connectivity index (χ3n) is 5.31. The van der Waals surface area contributed by atoms with Crippen LogP contribution in [0, 0.1) is 0 Å². The van der Waals surface area contributed by atoms with Crippen molar-refractivity contribution in [2.75, 3.05) is 17.3 Å². The molecule has 12 nitrogen and oxygen atoms in total. The number of halogens is 3. The van der Waals surface area contributed by atoms with Crippen molar-refractivity contribution in [3.63, 3.8) is 0 Å². The predicted octanol–water partition coefficient (Wildman–Crippen LogP) is 1.92. The molecular formula is C22H24F3N5O7S. The van der Waals surface area contributed by atoms with E-state index in [1.807, 2.05) is 4.98 Å². The van der Waals surface area contributed by atoms with Crippen LogP contribution in [0.2, 0.25) is 0 Å². The average molecular weight is 560 g/mol. The lowest BCUT2D eigenvalue weighted by molar-refractivity contribution is -0.144. The van der Waals surface area contributed by atoms with Gasteiger partial charge < -0.3 is 9.72 Å². The van der Waals surface area contributed by atoms with Crippen LogP contribution in [0.4, 0.5) is 13.2 Å². The van der Waals surface area contributed by atoms with Crippen molar-refractivity contribution in [2.45, 2.75) is 45.8 Å². The van der Waals surface area contributed by atoms with Gasteiger partial charge in [0.15, 0.2) is 0 Å². The number of aromatic amines is 1. The number of aromatic nitrogens is 4. The summed E-state index contributed by atoms with van der Waals surface area (Å²) < 4.78 is 72.8. The summed E-state index contributed by atoms with van der Waals surface area (Å²) in [6.07, 6.45) is -4.36. The smallest absolute Gasteiger partial charge is 0.417 e. The van der Waals surface area contributed by atoms with Crippen molar-refractivity contribution in [3.05, 3.63) is 50.8 Å². The van der Waals surface area contributed by atoms with Gasteiger partial charge in [0.05, 0.1) is 41.4 Å². The molecule has 3 aromatic rings. The van der Waals surface area contributed by atoms with E-state index in [-0.39, 0.29) is 27.4 Å². The normalized spacial score (nSPS) is 12.2. The summed E-state index contributed by atoms with van der Waals surface area (Å²) in [7, 11) is -4.61. The van der Waals surface area contributed by atoms with Crippen LogP contribution in [-0.4, -0.2) is 52.6 Å². The highest BCUT2D eigenvalue weighted by Gasteiger charge is 2.36. The summed E-state index contributed by atoms with van der Waals surface area (Å²) in [5, 5.41) is 3.52. The molecule has 3 rings (SSSR count). The highest BCUT2D eigenvalue weighted by atomic mass is 32.2. The van der Waals surface area contributed by atoms with Crippen molar-refractivity contribution in [1.29, 1.82) is 0 Å². The fourth-order valence-electron chi connectivity index (χ4n) is 3.79. The van der Waals surface area contributed by atoms with Crippen LogP contribution in [0.25, 0.3) is 22.2 Å². The van der Waals surface area contributed by atoms with Crippen LogP contribution in [0.3, 0.4) is 0 Å². The van der Waals surface area contributed by atoms with E-state index in [1.54, 1.807) is 13.8 Å². The van der Waals surface area contributed by atoms with E-state index in [4.69, 9.17) is 0 Å². The van der Waals surface area contributed by atoms with Gasteiger partial charge in [-0.2, -0.15) is 18.3 Å². The number of benzene rings is 1. The monoisotopic (exact) mass is 559 g/mol. The van der Waals surface area contributed by atoms with E-state index < -0.39 is 74.2 Å². The molecule has 2 heterocycles. The van der Waals surface area contributed by atoms with Crippen molar-refractivity contribution < 1.29 is 35.9 Å². The number of hydrogen-bond acceptors (Lipinski definition) is 8. The Hall–Kier alpha value is -3.95. The number of ether oxygens (including phenoxy) is 1. The predicted molar refractivity (Wildman–Crippen MR) is 129 cm³/mol. The Bertz CT molecular complexity index is 1620. The Morgan fingerprint density at radius 1 is 1.18 bits per heavy atom. The lowest BCUT2D eigenvalue weighted by Gasteiger charge is -2.22. The van der Waals surface area contributed by atoms with E-state index in [2.05, 4.69) is 9.84 Å². The highest BCUT2D eigenvalue weighted by molar-refractivity contribution is 7.92. The Kier molecular flexibility index (Phi) is 7.86. The van der Waals surface area contributed by atoms with E-state index >= 15 is 0 Å². The molecule has 0 fully saturated rings. The zero-order valence-corrected chi connectivity index (χ0v) is 21.5. The number of amides is 1. The fraction of sp³-hybridized carbons (Fsp3) is 0.409. The van der Waals surface area contributed by atoms with E-state index in [9.17, 15) is 40.8 Å². The number of alkyl halides is 3. The van der Waals surface area contributed by atoms with Crippen LogP contribution in [0.15, 0.2) is 34.0 Å². The fourth-order valence-corrected chi connectivity index (χ4v) is 4.69. The SMILES string of the molecule is CCOC(=O)CCC(=O)N(n1c(=O)[nH]c2cc(C(F)(F)F)c(-c3ccnn3C(C)C)cc2c1=O)S(C)(=O)=O. The van der Waals surface area contributed by atoms with Gasteiger partial charge in [-0.3, -0.25) is 19.1 Å². The van der Waals surface area contributed by atoms with Crippen LogP contribution >= 0.6 is 0 Å². The second-order valence-corrected chi connectivity index (χ2v) is 10.3. The molecule has 0 bridgehead atoms. The Morgan fingerprint density at radius 2 is 1.84 bits per heavy atom. The van der Waals surface area contributed by atoms with Gasteiger partial charge in [-0.25, -0.2) is 13.2 Å². The van der Waals surface area contributed by atoms with Crippen LogP contribution in [0.5, 0.6) is 0 Å². The first kappa shape index (κ1) is 28.6. The van der Waals surface area contributed by atoms with Gasteiger partial charge in [0, 0.05) is 24.2 Å². The molecule has 0 aliphatic carbocycles. The highest BCUT2D eigenvalue weighted by Crippen LogP contribution is 2.39. The molecule has 0 saturated heterocycles. The Labute approximate surface area is 213 Å². The second kappa shape index (κ2) is 10.4. The minimum atomic E-state index is -4.90. The summed E-state index contributed by atoms with van der Waals surface area (Å²) >= 11 is 0. The molecular weight excluding hydrogens is 535 g/mol. The summed E-state index contributed by atoms with van der Waals surface area (Å²) in [6, 6.07) is 2.36. The number of rotatable bonds is 8. The van der Waals surface area contributed by atoms with Crippen LogP contribution < -0.4 is 15.7 Å². The molecule has 0 aliphatic heterocycles. The molecule has 38 heavy (non-hydrogen) atoms. The Morgan fingerprint density at radius 3 is 2.39 bits per heavy atom. The average Bonchev–Trinajstić information content (AvgIpc) is 3.28. The first-order chi connectivity index (χ1) is 17.6. The lowest BCUT2D eigenvalue weighted by atomic mass is 10.0. The molecule has 0 saturated carbocycles. The summed E-state index contributed by atoms with van der Waals surface area (Å²) in [5.41, 5.74) is -5.00. The van der Waals surface area contributed by atoms with Gasteiger partial charge in [-0.1, -0.05) is 0 Å². The minimum absolute atomic E-state index is 0.00454. The number of carbonyl (C=O) groups is 2. The zero-order chi connectivity index (χ0) is 28.6. The quantitative estimate of drug-likeness (QED) is 0.411. The molecule has 1 N–H and O–H groups in total. The first-order valence-electron chi connectivity index (χ1n) is 11.2. The van der Waals surface area contributed by atoms with Gasteiger partial charge >= 0.3 is 17.8 Å². The molecule has 1 amide bonds. The number of esters is 1. The molecule has 206 valence electrons. The molecule has 0 spiro atoms. The van der Waals surface area contributed by atoms with Crippen molar-refractivity contribution in [3.8, 4) is 11.3 Å². The van der Waals surface area contributed by atoms with E-state index in [0.29, 0.717) is 12.3 Å². The molecule has 2 aromatic heterocycles. The molecule has 0 unspecified atom stereocenters. The van der Waals surface area contributed by atoms with E-state index in [1.165, 1.54) is 23.9 Å². The number of fused-ring (bicyclic) bond motifs is 1. The maximum Gasteiger partial charge on any atom is 0.417 e. The molecule has 0 atom stereocenters. The molecule has 0 radical (unpaired) electrons. The maximum atomic E-state index is 14.0. The number of H-pyrrole nitrogens is 1. The topological polar surface area (TPSA) is 153 Å². The largest absolute Gasteiger partial charge is 0.466 e. The number of nitrogens with one attached hydrogen (secondary N) is 1. The standard InChI is InChI=1S/C22H24F3N5O7S/c1-5-37-19(32)7-6-18(31)30(38(4,35)36)29-20(33)14-10-13(17-8-9-26-28(17)12(2)3)15(22(23,24)25)11-16(14)27-21(29)34/h8-12H,5-7H2,1-4H3,(H,27,34). The third-order valence-corrected chi connectivity index (χ3v) is 6.31. The minimum Gasteiger partial charge on any atom is -0.466 e. The van der Waals surface area contributed by atoms with Crippen LogP contribution in [-0.2, 0) is 30.5 Å².